The fraction of sp³-hybridized carbons (Fsp3) is 1.00. The third kappa shape index (κ3) is 2.37. The Kier molecular flexibility index (Phi) is 3.73. The van der Waals surface area contributed by atoms with Crippen LogP contribution in [-0.4, -0.2) is 77.8 Å². The molecule has 4 heterocycles. The van der Waals surface area contributed by atoms with Crippen molar-refractivity contribution in [2.75, 3.05) is 13.2 Å². The second kappa shape index (κ2) is 5.15. The zero-order valence-corrected chi connectivity index (χ0v) is 16.1. The molecule has 25 heavy (non-hydrogen) atoms. The highest BCUT2D eigenvalue weighted by Crippen LogP contribution is 2.53. The molecule has 144 valence electrons. The number of rotatable bonds is 1. The molecule has 0 spiro atoms. The molecule has 4 saturated heterocycles. The highest BCUT2D eigenvalue weighted by atomic mass is 32.2. The van der Waals surface area contributed by atoms with Crippen molar-refractivity contribution in [2.24, 2.45) is 0 Å². The molecule has 9 heteroatoms. The second-order valence-corrected chi connectivity index (χ2v) is 11.4. The van der Waals surface area contributed by atoms with E-state index in [1.54, 1.807) is 20.8 Å². The van der Waals surface area contributed by atoms with Gasteiger partial charge in [0.05, 0.1) is 23.5 Å². The van der Waals surface area contributed by atoms with Crippen LogP contribution in [0.2, 0.25) is 0 Å². The molecule has 0 aromatic carbocycles. The van der Waals surface area contributed by atoms with Crippen LogP contribution >= 0.6 is 0 Å². The van der Waals surface area contributed by atoms with Crippen molar-refractivity contribution in [3.8, 4) is 0 Å². The molecule has 4 fully saturated rings. The van der Waals surface area contributed by atoms with E-state index in [-0.39, 0.29) is 13.2 Å². The van der Waals surface area contributed by atoms with Crippen LogP contribution in [0.3, 0.4) is 0 Å². The number of fused-ring (bicyclic) bond motifs is 1. The fourth-order valence-electron chi connectivity index (χ4n) is 4.42. The number of ether oxygens (including phenoxy) is 4. The average Bonchev–Trinajstić information content (AvgIpc) is 2.92. The van der Waals surface area contributed by atoms with Gasteiger partial charge in [-0.05, 0) is 41.0 Å². The first-order valence-corrected chi connectivity index (χ1v) is 10.2. The highest BCUT2D eigenvalue weighted by Gasteiger charge is 2.71. The van der Waals surface area contributed by atoms with Gasteiger partial charge in [0.15, 0.2) is 12.1 Å². The number of aliphatic hydroxyl groups is 1. The van der Waals surface area contributed by atoms with Crippen molar-refractivity contribution in [2.45, 2.75) is 87.8 Å². The normalized spacial score (nSPS) is 46.7. The summed E-state index contributed by atoms with van der Waals surface area (Å²) in [5.41, 5.74) is -0.785. The van der Waals surface area contributed by atoms with Crippen molar-refractivity contribution >= 4 is 10.0 Å². The van der Waals surface area contributed by atoms with Gasteiger partial charge in [-0.25, -0.2) is 8.42 Å². The molecule has 0 aromatic rings. The van der Waals surface area contributed by atoms with Gasteiger partial charge in [-0.15, -0.1) is 0 Å². The minimum atomic E-state index is -3.62. The standard InChI is InChI=1S/C16H27NO7S/c1-14(2,3)25(19,20)17-7-6-16-11(10(17)9(18)8-21-16)22-13-12(16)23-15(4,5)24-13/h9-13,18H,6-8H2,1-5H3/t9-,10-,11-,12+,13-,16-/m1/s1. The van der Waals surface area contributed by atoms with Crippen molar-refractivity contribution in [1.29, 1.82) is 0 Å². The van der Waals surface area contributed by atoms with Gasteiger partial charge in [-0.3, -0.25) is 0 Å². The summed E-state index contributed by atoms with van der Waals surface area (Å²) in [6, 6.07) is -0.701. The van der Waals surface area contributed by atoms with Crippen LogP contribution in [0.15, 0.2) is 0 Å². The molecule has 1 N–H and O–H groups in total. The predicted octanol–water partition coefficient (Wildman–Crippen LogP) is 0.195. The third-order valence-electron chi connectivity index (χ3n) is 5.67. The van der Waals surface area contributed by atoms with E-state index in [4.69, 9.17) is 18.9 Å². The molecular weight excluding hydrogens is 350 g/mol. The van der Waals surface area contributed by atoms with E-state index < -0.39 is 56.8 Å². The minimum Gasteiger partial charge on any atom is -0.389 e. The number of aliphatic hydroxyl groups excluding tert-OH is 1. The van der Waals surface area contributed by atoms with Gasteiger partial charge in [0.2, 0.25) is 10.0 Å². The Morgan fingerprint density at radius 1 is 1.16 bits per heavy atom. The SMILES string of the molecule is CC1(C)O[C@H]2O[C@@H]3[C@H]4[C@H](O)CO[C@@]3(CCN4S(=O)(=O)C(C)(C)C)[C@H]2O1. The molecule has 0 amide bonds. The van der Waals surface area contributed by atoms with Crippen LogP contribution in [0.1, 0.15) is 41.0 Å². The summed E-state index contributed by atoms with van der Waals surface area (Å²) in [6.07, 6.45) is -2.18. The maximum atomic E-state index is 13.0. The minimum absolute atomic E-state index is 0.0493. The molecule has 4 aliphatic heterocycles. The number of hydrogen-bond acceptors (Lipinski definition) is 7. The van der Waals surface area contributed by atoms with Crippen LogP contribution in [0, 0.1) is 0 Å². The van der Waals surface area contributed by atoms with Gasteiger partial charge in [0.1, 0.15) is 17.8 Å². The third-order valence-corrected chi connectivity index (χ3v) is 8.26. The molecular formula is C16H27NO7S. The van der Waals surface area contributed by atoms with E-state index in [2.05, 4.69) is 0 Å². The molecule has 8 nitrogen and oxygen atoms in total. The first-order valence-electron chi connectivity index (χ1n) is 8.74. The van der Waals surface area contributed by atoms with Crippen molar-refractivity contribution in [3.63, 3.8) is 0 Å². The molecule has 4 aliphatic rings. The lowest BCUT2D eigenvalue weighted by molar-refractivity contribution is -0.281. The molecule has 4 rings (SSSR count). The van der Waals surface area contributed by atoms with Crippen molar-refractivity contribution in [1.82, 2.24) is 4.31 Å². The summed E-state index contributed by atoms with van der Waals surface area (Å²) in [4.78, 5) is 0. The van der Waals surface area contributed by atoms with Gasteiger partial charge in [0, 0.05) is 6.54 Å². The largest absolute Gasteiger partial charge is 0.389 e. The van der Waals surface area contributed by atoms with Crippen LogP contribution in [0.25, 0.3) is 0 Å². The molecule has 0 aromatic heterocycles. The topological polar surface area (TPSA) is 94.5 Å². The summed E-state index contributed by atoms with van der Waals surface area (Å²) >= 11 is 0. The van der Waals surface area contributed by atoms with Crippen LogP contribution in [0.4, 0.5) is 0 Å². The van der Waals surface area contributed by atoms with E-state index >= 15 is 0 Å². The summed E-state index contributed by atoms with van der Waals surface area (Å²) in [5, 5.41) is 10.5. The Hall–Kier alpha value is -0.290. The van der Waals surface area contributed by atoms with E-state index in [9.17, 15) is 13.5 Å². The quantitative estimate of drug-likeness (QED) is 0.697. The summed E-state index contributed by atoms with van der Waals surface area (Å²) in [7, 11) is -3.62. The van der Waals surface area contributed by atoms with Gasteiger partial charge < -0.3 is 24.1 Å². The zero-order chi connectivity index (χ0) is 18.4. The number of sulfonamides is 1. The first-order chi connectivity index (χ1) is 11.4. The first kappa shape index (κ1) is 18.1. The van der Waals surface area contributed by atoms with Gasteiger partial charge in [0.25, 0.3) is 0 Å². The van der Waals surface area contributed by atoms with E-state index in [0.717, 1.165) is 0 Å². The van der Waals surface area contributed by atoms with Gasteiger partial charge >= 0.3 is 0 Å². The summed E-state index contributed by atoms with van der Waals surface area (Å²) < 4.78 is 50.4. The van der Waals surface area contributed by atoms with Crippen LogP contribution < -0.4 is 0 Å². The summed E-state index contributed by atoms with van der Waals surface area (Å²) in [5.74, 6) is -0.779. The highest BCUT2D eigenvalue weighted by molar-refractivity contribution is 7.90. The lowest BCUT2D eigenvalue weighted by Crippen LogP contribution is -2.73. The molecule has 0 radical (unpaired) electrons. The van der Waals surface area contributed by atoms with E-state index in [1.807, 2.05) is 13.8 Å². The van der Waals surface area contributed by atoms with Gasteiger partial charge in [-0.1, -0.05) is 0 Å². The van der Waals surface area contributed by atoms with Crippen molar-refractivity contribution in [3.05, 3.63) is 0 Å². The Balaban J connectivity index is 1.72. The predicted molar refractivity (Wildman–Crippen MR) is 87.2 cm³/mol. The smallest absolute Gasteiger partial charge is 0.219 e. The Bertz CT molecular complexity index is 672. The molecule has 0 unspecified atom stereocenters. The fourth-order valence-corrected chi connectivity index (χ4v) is 6.03. The lowest BCUT2D eigenvalue weighted by atomic mass is 9.78. The van der Waals surface area contributed by atoms with E-state index in [1.165, 1.54) is 4.31 Å². The van der Waals surface area contributed by atoms with Crippen LogP contribution in [-0.2, 0) is 29.0 Å². The molecule has 0 aliphatic carbocycles. The second-order valence-electron chi connectivity index (χ2n) is 8.78. The number of nitrogens with zero attached hydrogens (tertiary/aromatic N) is 1. The zero-order valence-electron chi connectivity index (χ0n) is 15.3. The van der Waals surface area contributed by atoms with Crippen LogP contribution in [0.5, 0.6) is 0 Å². The molecule has 6 atom stereocenters. The monoisotopic (exact) mass is 377 g/mol. The maximum Gasteiger partial charge on any atom is 0.219 e. The van der Waals surface area contributed by atoms with Gasteiger partial charge in [-0.2, -0.15) is 4.31 Å². The van der Waals surface area contributed by atoms with E-state index in [0.29, 0.717) is 6.42 Å². The Labute approximate surface area is 148 Å². The number of piperidine rings is 1. The maximum absolute atomic E-state index is 13.0. The molecule has 2 bridgehead atoms. The van der Waals surface area contributed by atoms with Crippen molar-refractivity contribution < 1.29 is 32.5 Å². The Morgan fingerprint density at radius 3 is 2.48 bits per heavy atom. The summed E-state index contributed by atoms with van der Waals surface area (Å²) in [6.45, 7) is 8.92. The molecule has 0 saturated carbocycles. The Morgan fingerprint density at radius 2 is 1.84 bits per heavy atom. The number of hydrogen-bond donors (Lipinski definition) is 1. The average molecular weight is 377 g/mol. The lowest BCUT2D eigenvalue weighted by Gasteiger charge is -2.54.